The number of carbonyl (C=O) groups is 2. The van der Waals surface area contributed by atoms with Crippen LogP contribution < -0.4 is 0 Å². The van der Waals surface area contributed by atoms with Gasteiger partial charge in [0.15, 0.2) is 6.10 Å². The maximum absolute atomic E-state index is 12.6. The second-order valence-electron chi connectivity index (χ2n) is 7.71. The van der Waals surface area contributed by atoms with Gasteiger partial charge in [0.2, 0.25) is 0 Å². The van der Waals surface area contributed by atoms with Crippen molar-refractivity contribution in [1.82, 2.24) is 14.5 Å². The smallest absolute Gasteiger partial charge is 0.407 e. The molecule has 0 radical (unpaired) electrons. The van der Waals surface area contributed by atoms with E-state index in [-0.39, 0.29) is 6.54 Å². The van der Waals surface area contributed by atoms with Gasteiger partial charge >= 0.3 is 12.1 Å². The number of aliphatic hydroxyl groups is 1. The summed E-state index contributed by atoms with van der Waals surface area (Å²) >= 11 is 0. The van der Waals surface area contributed by atoms with Crippen molar-refractivity contribution in [3.8, 4) is 0 Å². The molecule has 2 N–H and O–H groups in total. The summed E-state index contributed by atoms with van der Waals surface area (Å²) < 4.78 is 13.0. The maximum Gasteiger partial charge on any atom is 0.407 e. The van der Waals surface area contributed by atoms with E-state index < -0.39 is 36.0 Å². The van der Waals surface area contributed by atoms with Crippen LogP contribution in [-0.4, -0.2) is 67.6 Å². The number of aryl methyl sites for hydroxylation is 1. The van der Waals surface area contributed by atoms with Gasteiger partial charge in [0.25, 0.3) is 0 Å². The number of rotatable bonds is 7. The molecule has 2 rings (SSSR count). The number of carboxylic acid groups (broad SMARTS) is 1. The summed E-state index contributed by atoms with van der Waals surface area (Å²) in [6.07, 6.45) is 0.501. The van der Waals surface area contributed by atoms with Crippen molar-refractivity contribution >= 4 is 12.1 Å². The molecule has 0 aromatic carbocycles. The van der Waals surface area contributed by atoms with Crippen molar-refractivity contribution in [2.75, 3.05) is 13.1 Å². The van der Waals surface area contributed by atoms with Gasteiger partial charge < -0.3 is 29.2 Å². The Hall–Kier alpha value is -2.13. The molecule has 1 saturated heterocycles. The number of aromatic nitrogens is 2. The van der Waals surface area contributed by atoms with Crippen LogP contribution in [0.3, 0.4) is 0 Å². The number of hydrogen-bond donors (Lipinski definition) is 2. The van der Waals surface area contributed by atoms with Crippen molar-refractivity contribution in [1.29, 1.82) is 0 Å². The highest BCUT2D eigenvalue weighted by molar-refractivity contribution is 5.76. The van der Waals surface area contributed by atoms with Crippen LogP contribution in [0.25, 0.3) is 0 Å². The Kier molecular flexibility index (Phi) is 6.83. The van der Waals surface area contributed by atoms with Crippen LogP contribution in [0.15, 0.2) is 12.5 Å². The van der Waals surface area contributed by atoms with Gasteiger partial charge in [-0.05, 0) is 33.6 Å². The van der Waals surface area contributed by atoms with Gasteiger partial charge in [0.1, 0.15) is 11.7 Å². The van der Waals surface area contributed by atoms with E-state index >= 15 is 0 Å². The van der Waals surface area contributed by atoms with E-state index in [1.165, 1.54) is 4.90 Å². The number of carbonyl (C=O) groups excluding carboxylic acids is 1. The fourth-order valence-electron chi connectivity index (χ4n) is 2.90. The summed E-state index contributed by atoms with van der Waals surface area (Å²) in [4.78, 5) is 29.1. The Labute approximate surface area is 158 Å². The predicted molar refractivity (Wildman–Crippen MR) is 96.2 cm³/mol. The summed E-state index contributed by atoms with van der Waals surface area (Å²) in [6, 6.07) is 0. The molecule has 1 amide bonds. The highest BCUT2D eigenvalue weighted by Gasteiger charge is 2.38. The Balaban J connectivity index is 2.15. The molecule has 2 heterocycles. The quantitative estimate of drug-likeness (QED) is 0.690. The molecule has 0 saturated carbocycles. The molecule has 0 bridgehead atoms. The fraction of sp³-hybridized carbons (Fsp3) is 0.722. The minimum absolute atomic E-state index is 0.144. The van der Waals surface area contributed by atoms with E-state index in [9.17, 15) is 14.7 Å². The van der Waals surface area contributed by atoms with Crippen molar-refractivity contribution in [3.05, 3.63) is 18.2 Å². The molecule has 9 heteroatoms. The maximum atomic E-state index is 12.6. The Morgan fingerprint density at radius 2 is 2.11 bits per heavy atom. The minimum atomic E-state index is -1.31. The van der Waals surface area contributed by atoms with Crippen molar-refractivity contribution in [3.63, 3.8) is 0 Å². The lowest BCUT2D eigenvalue weighted by atomic mass is 10.1. The van der Waals surface area contributed by atoms with Crippen LogP contribution >= 0.6 is 0 Å². The molecule has 152 valence electrons. The molecule has 0 aliphatic carbocycles. The number of aliphatic hydroxyl groups excluding tert-OH is 1. The van der Waals surface area contributed by atoms with E-state index in [0.717, 1.165) is 13.0 Å². The van der Waals surface area contributed by atoms with Gasteiger partial charge in [0.05, 0.1) is 24.7 Å². The van der Waals surface area contributed by atoms with E-state index in [2.05, 4.69) is 4.98 Å². The lowest BCUT2D eigenvalue weighted by molar-refractivity contribution is -0.181. The normalized spacial score (nSPS) is 19.7. The SMILES string of the molecule is CCCn1cnc(C(O)C(O[C@H]2CCN(C(=O)O)C2)C(=O)OC(C)(C)C)c1. The highest BCUT2D eigenvalue weighted by Crippen LogP contribution is 2.25. The molecule has 1 aromatic heterocycles. The number of esters is 1. The zero-order valence-corrected chi connectivity index (χ0v) is 16.3. The number of amides is 1. The van der Waals surface area contributed by atoms with E-state index in [0.29, 0.717) is 18.7 Å². The third kappa shape index (κ3) is 5.93. The van der Waals surface area contributed by atoms with Gasteiger partial charge in [-0.1, -0.05) is 6.92 Å². The first-order valence-electron chi connectivity index (χ1n) is 9.16. The van der Waals surface area contributed by atoms with Crippen LogP contribution in [0.5, 0.6) is 0 Å². The van der Waals surface area contributed by atoms with Crippen LogP contribution in [0.1, 0.15) is 52.3 Å². The Morgan fingerprint density at radius 3 is 2.67 bits per heavy atom. The van der Waals surface area contributed by atoms with Gasteiger partial charge in [-0.3, -0.25) is 0 Å². The molecule has 0 spiro atoms. The molecule has 27 heavy (non-hydrogen) atoms. The number of imidazole rings is 1. The molecular formula is C18H29N3O6. The third-order valence-corrected chi connectivity index (χ3v) is 4.12. The van der Waals surface area contributed by atoms with Crippen molar-refractivity contribution < 1.29 is 29.3 Å². The number of nitrogens with zero attached hydrogens (tertiary/aromatic N) is 3. The molecular weight excluding hydrogens is 354 g/mol. The van der Waals surface area contributed by atoms with Gasteiger partial charge in [-0.15, -0.1) is 0 Å². The monoisotopic (exact) mass is 383 g/mol. The van der Waals surface area contributed by atoms with Crippen LogP contribution in [0.2, 0.25) is 0 Å². The Morgan fingerprint density at radius 1 is 1.41 bits per heavy atom. The molecule has 1 aliphatic heterocycles. The highest BCUT2D eigenvalue weighted by atomic mass is 16.6. The predicted octanol–water partition coefficient (Wildman–Crippen LogP) is 1.81. The first kappa shape index (κ1) is 21.2. The summed E-state index contributed by atoms with van der Waals surface area (Å²) in [5.41, 5.74) is -0.435. The summed E-state index contributed by atoms with van der Waals surface area (Å²) in [6.45, 7) is 8.42. The zero-order chi connectivity index (χ0) is 20.2. The molecule has 9 nitrogen and oxygen atoms in total. The first-order chi connectivity index (χ1) is 12.6. The molecule has 1 aliphatic rings. The first-order valence-corrected chi connectivity index (χ1v) is 9.16. The Bertz CT molecular complexity index is 654. The van der Waals surface area contributed by atoms with Crippen molar-refractivity contribution in [2.45, 2.75) is 71.0 Å². The summed E-state index contributed by atoms with van der Waals surface area (Å²) in [7, 11) is 0. The number of hydrogen-bond acceptors (Lipinski definition) is 6. The van der Waals surface area contributed by atoms with Crippen molar-refractivity contribution in [2.24, 2.45) is 0 Å². The van der Waals surface area contributed by atoms with Gasteiger partial charge in [-0.2, -0.15) is 0 Å². The lowest BCUT2D eigenvalue weighted by Crippen LogP contribution is -2.40. The fourth-order valence-corrected chi connectivity index (χ4v) is 2.90. The number of ether oxygens (including phenoxy) is 2. The summed E-state index contributed by atoms with van der Waals surface area (Å²) in [5, 5.41) is 19.8. The van der Waals surface area contributed by atoms with Crippen LogP contribution in [0.4, 0.5) is 4.79 Å². The molecule has 3 atom stereocenters. The van der Waals surface area contributed by atoms with Gasteiger partial charge in [-0.25, -0.2) is 14.6 Å². The van der Waals surface area contributed by atoms with Crippen LogP contribution in [-0.2, 0) is 20.8 Å². The van der Waals surface area contributed by atoms with Crippen LogP contribution in [0, 0.1) is 0 Å². The lowest BCUT2D eigenvalue weighted by Gasteiger charge is -2.28. The molecule has 1 fully saturated rings. The van der Waals surface area contributed by atoms with E-state index in [4.69, 9.17) is 14.6 Å². The molecule has 1 aromatic rings. The average molecular weight is 383 g/mol. The number of likely N-dealkylation sites (tertiary alicyclic amines) is 1. The zero-order valence-electron chi connectivity index (χ0n) is 16.3. The largest absolute Gasteiger partial charge is 0.465 e. The standard InChI is InChI=1S/C18H29N3O6/c1-5-7-20-10-13(19-11-20)14(22)15(16(23)27-18(2,3)4)26-12-6-8-21(9-12)17(24)25/h10-12,14-15,22H,5-9H2,1-4H3,(H,24,25)/t12-,14?,15?/m0/s1. The van der Waals surface area contributed by atoms with E-state index in [1.807, 2.05) is 11.5 Å². The average Bonchev–Trinajstić information content (AvgIpc) is 3.20. The third-order valence-electron chi connectivity index (χ3n) is 4.12. The van der Waals surface area contributed by atoms with E-state index in [1.54, 1.807) is 33.3 Å². The molecule has 2 unspecified atom stereocenters. The van der Waals surface area contributed by atoms with Gasteiger partial charge in [0, 0.05) is 19.3 Å². The second-order valence-corrected chi connectivity index (χ2v) is 7.71. The minimum Gasteiger partial charge on any atom is -0.465 e. The summed E-state index contributed by atoms with van der Waals surface area (Å²) in [5.74, 6) is -0.700. The topological polar surface area (TPSA) is 114 Å². The second kappa shape index (κ2) is 8.71.